The lowest BCUT2D eigenvalue weighted by molar-refractivity contribution is 0.0842. The molecule has 0 fully saturated rings. The zero-order chi connectivity index (χ0) is 16.4. The van der Waals surface area contributed by atoms with Gasteiger partial charge in [-0.05, 0) is 32.9 Å². The van der Waals surface area contributed by atoms with Crippen molar-refractivity contribution in [3.05, 3.63) is 66.3 Å². The van der Waals surface area contributed by atoms with Gasteiger partial charge in [-0.2, -0.15) is 0 Å². The molecule has 1 aromatic heterocycles. The van der Waals surface area contributed by atoms with Gasteiger partial charge in [0.05, 0.1) is 5.56 Å². The van der Waals surface area contributed by atoms with Crippen LogP contribution in [-0.2, 0) is 0 Å². The van der Waals surface area contributed by atoms with Crippen molar-refractivity contribution in [2.75, 3.05) is 0 Å². The second-order valence-electron chi connectivity index (χ2n) is 4.27. The minimum absolute atomic E-state index is 0.104. The zero-order valence-electron chi connectivity index (χ0n) is 13.8. The van der Waals surface area contributed by atoms with Gasteiger partial charge >= 0.3 is 0 Å². The van der Waals surface area contributed by atoms with Crippen LogP contribution in [0.5, 0.6) is 0 Å². The number of pyridine rings is 1. The van der Waals surface area contributed by atoms with Crippen molar-refractivity contribution < 1.29 is 4.79 Å². The highest BCUT2D eigenvalue weighted by Crippen LogP contribution is 2.20. The van der Waals surface area contributed by atoms with Crippen LogP contribution in [0.4, 0.5) is 0 Å². The first-order valence-corrected chi connectivity index (χ1v) is 7.20. The van der Waals surface area contributed by atoms with Gasteiger partial charge in [-0.3, -0.25) is 14.7 Å². The molecule has 0 unspecified atom stereocenters. The van der Waals surface area contributed by atoms with Crippen molar-refractivity contribution in [3.63, 3.8) is 0 Å². The van der Waals surface area contributed by atoms with Gasteiger partial charge in [0, 0.05) is 29.7 Å². The number of hydrogen-bond acceptors (Lipinski definition) is 2. The molecule has 0 saturated carbocycles. The fourth-order valence-corrected chi connectivity index (χ4v) is 1.77. The topological polar surface area (TPSA) is 33.2 Å². The van der Waals surface area contributed by atoms with Crippen LogP contribution < -0.4 is 0 Å². The van der Waals surface area contributed by atoms with Gasteiger partial charge in [0.1, 0.15) is 0 Å². The SMILES string of the molecule is C=CCC(=C)N(C(=O)c1cccnc1C)/C(C)=C\C.CC. The summed E-state index contributed by atoms with van der Waals surface area (Å²) in [6, 6.07) is 3.54. The molecule has 0 N–H and O–H groups in total. The van der Waals surface area contributed by atoms with Gasteiger partial charge in [0.15, 0.2) is 0 Å². The molecule has 0 aromatic carbocycles. The molecule has 1 amide bonds. The summed E-state index contributed by atoms with van der Waals surface area (Å²) in [5.41, 5.74) is 2.86. The molecule has 0 atom stereocenters. The summed E-state index contributed by atoms with van der Waals surface area (Å²) in [6.45, 7) is 17.3. The van der Waals surface area contributed by atoms with Crippen molar-refractivity contribution in [3.8, 4) is 0 Å². The standard InChI is InChI=1S/C16H20N2O.C2H6/c1-6-9-13(4)18(12(3)7-2)16(19)15-10-8-11-17-14(15)5;1-2/h6-8,10-11H,1,4,9H2,2-3,5H3;1-2H3/b12-7-;. The summed E-state index contributed by atoms with van der Waals surface area (Å²) in [7, 11) is 0. The highest BCUT2D eigenvalue weighted by molar-refractivity contribution is 5.97. The van der Waals surface area contributed by atoms with Crippen LogP contribution in [0.2, 0.25) is 0 Å². The fourth-order valence-electron chi connectivity index (χ4n) is 1.77. The number of allylic oxidation sites excluding steroid dienone is 3. The van der Waals surface area contributed by atoms with Gasteiger partial charge in [-0.1, -0.05) is 32.6 Å². The Bertz CT molecular complexity index is 530. The van der Waals surface area contributed by atoms with Crippen LogP contribution >= 0.6 is 0 Å². The Labute approximate surface area is 128 Å². The lowest BCUT2D eigenvalue weighted by atomic mass is 10.1. The first kappa shape index (κ1) is 18.8. The van der Waals surface area contributed by atoms with E-state index in [1.165, 1.54) is 0 Å². The van der Waals surface area contributed by atoms with E-state index in [1.807, 2.05) is 40.7 Å². The first-order valence-electron chi connectivity index (χ1n) is 7.20. The largest absolute Gasteiger partial charge is 0.285 e. The zero-order valence-corrected chi connectivity index (χ0v) is 13.8. The number of carbonyl (C=O) groups excluding carboxylic acids is 1. The number of rotatable bonds is 5. The molecule has 114 valence electrons. The van der Waals surface area contributed by atoms with Crippen molar-refractivity contribution >= 4 is 5.91 Å². The molecule has 3 heteroatoms. The molecular weight excluding hydrogens is 260 g/mol. The molecule has 0 aliphatic carbocycles. The van der Waals surface area contributed by atoms with E-state index >= 15 is 0 Å². The van der Waals surface area contributed by atoms with Crippen molar-refractivity contribution in [2.45, 2.75) is 41.0 Å². The smallest absolute Gasteiger partial charge is 0.264 e. The number of nitrogens with zero attached hydrogens (tertiary/aromatic N) is 2. The fraction of sp³-hybridized carbons (Fsp3) is 0.333. The Morgan fingerprint density at radius 2 is 2.05 bits per heavy atom. The van der Waals surface area contributed by atoms with E-state index < -0.39 is 0 Å². The second-order valence-corrected chi connectivity index (χ2v) is 4.27. The number of carbonyl (C=O) groups is 1. The lowest BCUT2D eigenvalue weighted by Gasteiger charge is -2.25. The van der Waals surface area contributed by atoms with E-state index in [2.05, 4.69) is 18.1 Å². The number of aryl methyl sites for hydroxylation is 1. The van der Waals surface area contributed by atoms with E-state index in [0.717, 1.165) is 5.70 Å². The van der Waals surface area contributed by atoms with Gasteiger partial charge in [-0.25, -0.2) is 0 Å². The maximum atomic E-state index is 12.6. The monoisotopic (exact) mass is 286 g/mol. The van der Waals surface area contributed by atoms with Crippen LogP contribution in [0.25, 0.3) is 0 Å². The first-order chi connectivity index (χ1) is 10.0. The number of aromatic nitrogens is 1. The van der Waals surface area contributed by atoms with Crippen molar-refractivity contribution in [1.29, 1.82) is 0 Å². The molecule has 21 heavy (non-hydrogen) atoms. The molecule has 0 aliphatic rings. The predicted molar refractivity (Wildman–Crippen MR) is 89.9 cm³/mol. The Balaban J connectivity index is 0.00000191. The van der Waals surface area contributed by atoms with Crippen LogP contribution in [0, 0.1) is 6.92 Å². The molecule has 0 aliphatic heterocycles. The summed E-state index contributed by atoms with van der Waals surface area (Å²) in [5.74, 6) is -0.104. The van der Waals surface area contributed by atoms with Gasteiger partial charge < -0.3 is 0 Å². The highest BCUT2D eigenvalue weighted by Gasteiger charge is 2.21. The maximum Gasteiger partial charge on any atom is 0.264 e. The molecule has 3 nitrogen and oxygen atoms in total. The predicted octanol–water partition coefficient (Wildman–Crippen LogP) is 4.87. The van der Waals surface area contributed by atoms with Crippen LogP contribution in [-0.4, -0.2) is 15.8 Å². The van der Waals surface area contributed by atoms with E-state index in [4.69, 9.17) is 0 Å². The van der Waals surface area contributed by atoms with Crippen molar-refractivity contribution in [2.24, 2.45) is 0 Å². The Morgan fingerprint density at radius 3 is 2.52 bits per heavy atom. The van der Waals surface area contributed by atoms with Gasteiger partial charge in [0.2, 0.25) is 0 Å². The number of hydrogen-bond donors (Lipinski definition) is 0. The highest BCUT2D eigenvalue weighted by atomic mass is 16.2. The van der Waals surface area contributed by atoms with E-state index in [1.54, 1.807) is 29.3 Å². The van der Waals surface area contributed by atoms with Crippen molar-refractivity contribution in [1.82, 2.24) is 9.88 Å². The third-order valence-corrected chi connectivity index (χ3v) is 2.91. The molecule has 0 spiro atoms. The summed E-state index contributed by atoms with van der Waals surface area (Å²) in [4.78, 5) is 18.4. The molecular formula is C18H26N2O. The van der Waals surface area contributed by atoms with Crippen LogP contribution in [0.3, 0.4) is 0 Å². The molecule has 1 heterocycles. The van der Waals surface area contributed by atoms with E-state index in [-0.39, 0.29) is 5.91 Å². The quantitative estimate of drug-likeness (QED) is 0.723. The van der Waals surface area contributed by atoms with Crippen LogP contribution in [0.15, 0.2) is 55.0 Å². The third kappa shape index (κ3) is 5.03. The minimum atomic E-state index is -0.104. The lowest BCUT2D eigenvalue weighted by Crippen LogP contribution is -2.29. The normalized spacial score (nSPS) is 10.2. The average Bonchev–Trinajstić information content (AvgIpc) is 2.49. The molecule has 0 radical (unpaired) electrons. The molecule has 0 saturated heterocycles. The van der Waals surface area contributed by atoms with E-state index in [0.29, 0.717) is 23.4 Å². The average molecular weight is 286 g/mol. The summed E-state index contributed by atoms with van der Waals surface area (Å²) < 4.78 is 0. The third-order valence-electron chi connectivity index (χ3n) is 2.91. The number of amides is 1. The Kier molecular flexibility index (Phi) is 8.70. The molecule has 1 rings (SSSR count). The summed E-state index contributed by atoms with van der Waals surface area (Å²) in [5, 5.41) is 0. The Hall–Kier alpha value is -2.16. The van der Waals surface area contributed by atoms with Gasteiger partial charge in [-0.15, -0.1) is 6.58 Å². The van der Waals surface area contributed by atoms with Gasteiger partial charge in [0.25, 0.3) is 5.91 Å². The molecule has 1 aromatic rings. The second kappa shape index (κ2) is 9.70. The molecule has 0 bridgehead atoms. The van der Waals surface area contributed by atoms with Crippen LogP contribution in [0.1, 0.15) is 50.2 Å². The summed E-state index contributed by atoms with van der Waals surface area (Å²) in [6.07, 6.45) is 5.87. The van der Waals surface area contributed by atoms with E-state index in [9.17, 15) is 4.79 Å². The maximum absolute atomic E-state index is 12.6. The summed E-state index contributed by atoms with van der Waals surface area (Å²) >= 11 is 0. The minimum Gasteiger partial charge on any atom is -0.285 e. The Morgan fingerprint density at radius 1 is 1.43 bits per heavy atom.